The number of likely N-dealkylation sites (tertiary alicyclic amines) is 1. The quantitative estimate of drug-likeness (QED) is 0.209. The van der Waals surface area contributed by atoms with Crippen LogP contribution in [0.4, 0.5) is 0 Å². The third kappa shape index (κ3) is 53.8. The van der Waals surface area contributed by atoms with E-state index in [1.807, 2.05) is 7.05 Å². The summed E-state index contributed by atoms with van der Waals surface area (Å²) >= 11 is 0. The van der Waals surface area contributed by atoms with Crippen LogP contribution < -0.4 is 22.1 Å². The fraction of sp³-hybridized carbons (Fsp3) is 0.972. The zero-order chi connectivity index (χ0) is 34.9. The summed E-state index contributed by atoms with van der Waals surface area (Å²) in [6.07, 6.45) is 4.38. The molecule has 0 aromatic carbocycles. The maximum Gasteiger partial charge on any atom is 0.207 e. The molecule has 0 aromatic heterocycles. The predicted octanol–water partition coefficient (Wildman–Crippen LogP) is 5.94. The largest absolute Gasteiger partial charge is 0.379 e. The molecule has 0 atom stereocenters. The molecule has 0 unspecified atom stereocenters. The van der Waals surface area contributed by atoms with E-state index in [0.717, 1.165) is 76.0 Å². The SMILES string of the molecule is CC(C)C.CC(C)CN.CC(C)CN1CCC(N)CC1.CC(C)CN1CCOCC1.CC(C)CNC=O.CNCCC(C)C. The number of rotatable bonds is 11. The topological polar surface area (TPSA) is 109 Å². The smallest absolute Gasteiger partial charge is 0.207 e. The van der Waals surface area contributed by atoms with Crippen LogP contribution in [0, 0.1) is 35.5 Å². The summed E-state index contributed by atoms with van der Waals surface area (Å²) in [5.74, 6) is 4.48. The van der Waals surface area contributed by atoms with Crippen LogP contribution in [0.3, 0.4) is 0 Å². The molecular weight excluding hydrogens is 548 g/mol. The average molecular weight is 633 g/mol. The Balaban J connectivity index is -0.000000226. The monoisotopic (exact) mass is 633 g/mol. The van der Waals surface area contributed by atoms with E-state index < -0.39 is 0 Å². The predicted molar refractivity (Wildman–Crippen MR) is 197 cm³/mol. The summed E-state index contributed by atoms with van der Waals surface area (Å²) in [5.41, 5.74) is 11.0. The highest BCUT2D eigenvalue weighted by Crippen LogP contribution is 2.09. The van der Waals surface area contributed by atoms with Gasteiger partial charge >= 0.3 is 0 Å². The maximum atomic E-state index is 9.60. The lowest BCUT2D eigenvalue weighted by Gasteiger charge is -2.31. The molecule has 2 aliphatic rings. The molecule has 270 valence electrons. The number of morpholine rings is 1. The Morgan fingerprint density at radius 1 is 0.727 bits per heavy atom. The number of piperidine rings is 1. The number of hydrogen-bond acceptors (Lipinski definition) is 7. The molecule has 0 aliphatic carbocycles. The van der Waals surface area contributed by atoms with Crippen molar-refractivity contribution >= 4 is 6.41 Å². The molecular formula is C36H84N6O2. The van der Waals surface area contributed by atoms with Gasteiger partial charge in [-0.25, -0.2) is 0 Å². The van der Waals surface area contributed by atoms with Crippen LogP contribution in [0.5, 0.6) is 0 Å². The Morgan fingerprint density at radius 2 is 1.14 bits per heavy atom. The van der Waals surface area contributed by atoms with Crippen LogP contribution in [-0.4, -0.2) is 101 Å². The van der Waals surface area contributed by atoms with E-state index in [0.29, 0.717) is 17.9 Å². The van der Waals surface area contributed by atoms with Gasteiger partial charge < -0.3 is 31.7 Å². The van der Waals surface area contributed by atoms with Crippen LogP contribution in [0.25, 0.3) is 0 Å². The van der Waals surface area contributed by atoms with Gasteiger partial charge in [0, 0.05) is 38.8 Å². The van der Waals surface area contributed by atoms with Crippen molar-refractivity contribution in [1.82, 2.24) is 20.4 Å². The summed E-state index contributed by atoms with van der Waals surface area (Å²) < 4.78 is 5.24. The Hall–Kier alpha value is -0.770. The number of carbonyl (C=O) groups is 1. The Kier molecular flexibility index (Phi) is 41.8. The molecule has 1 amide bonds. The molecule has 0 aromatic rings. The number of nitrogens with zero attached hydrogens (tertiary/aromatic N) is 2. The van der Waals surface area contributed by atoms with Crippen molar-refractivity contribution in [2.24, 2.45) is 47.0 Å². The van der Waals surface area contributed by atoms with Gasteiger partial charge in [0.1, 0.15) is 0 Å². The molecule has 8 heteroatoms. The lowest BCUT2D eigenvalue weighted by atomic mass is 10.0. The molecule has 2 fully saturated rings. The molecule has 0 bridgehead atoms. The lowest BCUT2D eigenvalue weighted by Crippen LogP contribution is -2.41. The summed E-state index contributed by atoms with van der Waals surface area (Å²) in [6, 6.07) is 0.471. The third-order valence-electron chi connectivity index (χ3n) is 6.04. The van der Waals surface area contributed by atoms with Gasteiger partial charge in [-0.15, -0.1) is 0 Å². The average Bonchev–Trinajstić information content (AvgIpc) is 2.93. The normalized spacial score (nSPS) is 15.7. The van der Waals surface area contributed by atoms with E-state index in [4.69, 9.17) is 16.2 Å². The van der Waals surface area contributed by atoms with Gasteiger partial charge in [0.15, 0.2) is 0 Å². The Bertz CT molecular complexity index is 528. The van der Waals surface area contributed by atoms with Crippen molar-refractivity contribution in [2.75, 3.05) is 79.2 Å². The minimum absolute atomic E-state index is 0.471. The summed E-state index contributed by atoms with van der Waals surface area (Å²) in [7, 11) is 1.99. The minimum atomic E-state index is 0.471. The Labute approximate surface area is 277 Å². The van der Waals surface area contributed by atoms with Crippen molar-refractivity contribution in [2.45, 2.75) is 115 Å². The highest BCUT2D eigenvalue weighted by molar-refractivity contribution is 5.45. The first-order chi connectivity index (χ1) is 20.5. The summed E-state index contributed by atoms with van der Waals surface area (Å²) in [5, 5.41) is 5.67. The molecule has 0 spiro atoms. The van der Waals surface area contributed by atoms with Gasteiger partial charge in [-0.05, 0) is 88.0 Å². The van der Waals surface area contributed by atoms with Crippen LogP contribution in [0.1, 0.15) is 109 Å². The second kappa shape index (κ2) is 36.7. The summed E-state index contributed by atoms with van der Waals surface area (Å²) in [4.78, 5) is 14.6. The number of ether oxygens (including phenoxy) is 1. The van der Waals surface area contributed by atoms with Crippen LogP contribution >= 0.6 is 0 Å². The highest BCUT2D eigenvalue weighted by Gasteiger charge is 2.16. The van der Waals surface area contributed by atoms with Gasteiger partial charge in [0.25, 0.3) is 0 Å². The fourth-order valence-electron chi connectivity index (χ4n) is 3.67. The molecule has 2 rings (SSSR count). The van der Waals surface area contributed by atoms with Gasteiger partial charge in [-0.3, -0.25) is 9.69 Å². The van der Waals surface area contributed by atoms with E-state index in [9.17, 15) is 4.79 Å². The van der Waals surface area contributed by atoms with Crippen molar-refractivity contribution in [1.29, 1.82) is 0 Å². The second-order valence-electron chi connectivity index (χ2n) is 14.9. The number of amides is 1. The van der Waals surface area contributed by atoms with Crippen molar-refractivity contribution in [3.8, 4) is 0 Å². The van der Waals surface area contributed by atoms with Crippen LogP contribution in [-0.2, 0) is 9.53 Å². The fourth-order valence-corrected chi connectivity index (χ4v) is 3.67. The lowest BCUT2D eigenvalue weighted by molar-refractivity contribution is -0.109. The number of hydrogen-bond donors (Lipinski definition) is 4. The van der Waals surface area contributed by atoms with E-state index in [2.05, 4.69) is 110 Å². The molecule has 2 saturated heterocycles. The summed E-state index contributed by atoms with van der Waals surface area (Å²) in [6.45, 7) is 40.0. The third-order valence-corrected chi connectivity index (χ3v) is 6.04. The first-order valence-electron chi connectivity index (χ1n) is 17.8. The standard InChI is InChI=1S/C9H20N2.C8H17NO.C6H15N.C5H11NO.C4H11N.C4H10/c1-8(2)7-11-5-3-9(10)4-6-11;1-8(2)7-9-3-5-10-6-4-9;1-6(2)4-5-7-3;1-5(2)3-6-4-7;1-4(2)3-5;1-4(2)3/h8-9H,3-7,10H2,1-2H3;8H,3-7H2,1-2H3;6-7H,4-5H2,1-3H3;4-5H,3H2,1-2H3,(H,6,7);4H,3,5H2,1-2H3;4H,1-3H3. The maximum absolute atomic E-state index is 9.60. The van der Waals surface area contributed by atoms with E-state index >= 15 is 0 Å². The number of nitrogens with two attached hydrogens (primary N) is 2. The molecule has 2 heterocycles. The van der Waals surface area contributed by atoms with E-state index in [-0.39, 0.29) is 0 Å². The van der Waals surface area contributed by atoms with E-state index in [1.165, 1.54) is 45.4 Å². The molecule has 2 aliphatic heterocycles. The molecule has 8 nitrogen and oxygen atoms in total. The molecule has 6 N–H and O–H groups in total. The van der Waals surface area contributed by atoms with Crippen molar-refractivity contribution in [3.05, 3.63) is 0 Å². The zero-order valence-corrected chi connectivity index (χ0v) is 32.4. The van der Waals surface area contributed by atoms with E-state index in [1.54, 1.807) is 0 Å². The van der Waals surface area contributed by atoms with Crippen LogP contribution in [0.2, 0.25) is 0 Å². The van der Waals surface area contributed by atoms with Gasteiger partial charge in [-0.2, -0.15) is 0 Å². The van der Waals surface area contributed by atoms with Gasteiger partial charge in [0.05, 0.1) is 13.2 Å². The van der Waals surface area contributed by atoms with Crippen molar-refractivity contribution < 1.29 is 9.53 Å². The van der Waals surface area contributed by atoms with Crippen LogP contribution in [0.15, 0.2) is 0 Å². The molecule has 0 radical (unpaired) electrons. The Morgan fingerprint density at radius 3 is 1.39 bits per heavy atom. The first kappa shape index (κ1) is 50.1. The zero-order valence-electron chi connectivity index (χ0n) is 32.4. The second-order valence-corrected chi connectivity index (χ2v) is 14.9. The van der Waals surface area contributed by atoms with Gasteiger partial charge in [-0.1, -0.05) is 90.0 Å². The number of nitrogens with one attached hydrogen (secondary N) is 2. The van der Waals surface area contributed by atoms with Crippen molar-refractivity contribution in [3.63, 3.8) is 0 Å². The molecule has 44 heavy (non-hydrogen) atoms. The molecule has 0 saturated carbocycles. The first-order valence-corrected chi connectivity index (χ1v) is 17.8. The van der Waals surface area contributed by atoms with Gasteiger partial charge in [0.2, 0.25) is 6.41 Å². The minimum Gasteiger partial charge on any atom is -0.379 e. The number of carbonyl (C=O) groups excluding carboxylic acids is 1. The highest BCUT2D eigenvalue weighted by atomic mass is 16.5.